The third-order valence-corrected chi connectivity index (χ3v) is 5.09. The van der Waals surface area contributed by atoms with E-state index in [0.717, 1.165) is 22.5 Å². The molecule has 8 nitrogen and oxygen atoms in total. The highest BCUT2D eigenvalue weighted by atomic mass is 19.1. The van der Waals surface area contributed by atoms with E-state index in [0.29, 0.717) is 23.6 Å². The molecule has 158 valence electrons. The summed E-state index contributed by atoms with van der Waals surface area (Å²) in [5, 5.41) is 3.29. The highest BCUT2D eigenvalue weighted by molar-refractivity contribution is 5.70. The Bertz CT molecular complexity index is 1470. The molecule has 5 heterocycles. The number of hydrogen-bond donors (Lipinski definition) is 1. The number of nitrogens with zero attached hydrogens (tertiary/aromatic N) is 6. The van der Waals surface area contributed by atoms with Crippen molar-refractivity contribution in [1.29, 1.82) is 0 Å². The largest absolute Gasteiger partial charge is 0.363 e. The zero-order valence-electron chi connectivity index (χ0n) is 17.1. The predicted octanol–water partition coefficient (Wildman–Crippen LogP) is 3.30. The number of anilines is 1. The Balaban J connectivity index is 1.36. The lowest BCUT2D eigenvalue weighted by atomic mass is 10.1. The van der Waals surface area contributed by atoms with Gasteiger partial charge in [-0.2, -0.15) is 0 Å². The maximum atomic E-state index is 13.6. The summed E-state index contributed by atoms with van der Waals surface area (Å²) in [6.07, 6.45) is 11.4. The van der Waals surface area contributed by atoms with Crippen molar-refractivity contribution in [2.45, 2.75) is 6.54 Å². The minimum atomic E-state index is -0.404. The van der Waals surface area contributed by atoms with Crippen LogP contribution in [-0.2, 0) is 13.6 Å². The highest BCUT2D eigenvalue weighted by Gasteiger charge is 2.11. The third-order valence-electron chi connectivity index (χ3n) is 5.09. The second-order valence-electron chi connectivity index (χ2n) is 7.28. The van der Waals surface area contributed by atoms with Crippen LogP contribution < -0.4 is 10.9 Å². The van der Waals surface area contributed by atoms with E-state index in [4.69, 9.17) is 0 Å². The van der Waals surface area contributed by atoms with Crippen LogP contribution in [0.5, 0.6) is 0 Å². The molecule has 5 aromatic heterocycles. The summed E-state index contributed by atoms with van der Waals surface area (Å²) >= 11 is 0. The van der Waals surface area contributed by atoms with Gasteiger partial charge in [0.25, 0.3) is 0 Å². The molecule has 5 rings (SSSR count). The summed E-state index contributed by atoms with van der Waals surface area (Å²) in [4.78, 5) is 28.8. The predicted molar refractivity (Wildman–Crippen MR) is 118 cm³/mol. The van der Waals surface area contributed by atoms with Crippen molar-refractivity contribution < 1.29 is 4.39 Å². The maximum absolute atomic E-state index is 13.6. The van der Waals surface area contributed by atoms with Crippen molar-refractivity contribution in [2.75, 3.05) is 5.32 Å². The summed E-state index contributed by atoms with van der Waals surface area (Å²) in [5.41, 5.74) is 4.53. The minimum absolute atomic E-state index is 0.0629. The smallest absolute Gasteiger partial charge is 0.250 e. The first-order chi connectivity index (χ1) is 15.6. The van der Waals surface area contributed by atoms with E-state index in [1.807, 2.05) is 16.5 Å². The number of pyridine rings is 3. The molecule has 0 spiro atoms. The first kappa shape index (κ1) is 19.6. The molecule has 0 saturated carbocycles. The molecule has 32 heavy (non-hydrogen) atoms. The van der Waals surface area contributed by atoms with Gasteiger partial charge in [-0.25, -0.2) is 14.4 Å². The SMILES string of the molecule is Cn1cc(-c2ccc(CNc3nccn4c(-c5cncc(F)c5)cnc34)cn2)ccc1=O. The number of aromatic nitrogens is 6. The molecule has 0 bridgehead atoms. The van der Waals surface area contributed by atoms with Crippen LogP contribution in [0.25, 0.3) is 28.2 Å². The molecular weight excluding hydrogens is 409 g/mol. The van der Waals surface area contributed by atoms with Crippen LogP contribution in [0.2, 0.25) is 0 Å². The van der Waals surface area contributed by atoms with Gasteiger partial charge in [0.1, 0.15) is 5.82 Å². The number of halogens is 1. The molecule has 0 amide bonds. The Kier molecular flexibility index (Phi) is 4.91. The molecule has 0 aliphatic carbocycles. The first-order valence-electron chi connectivity index (χ1n) is 9.87. The van der Waals surface area contributed by atoms with E-state index in [-0.39, 0.29) is 5.56 Å². The number of aryl methyl sites for hydroxylation is 1. The van der Waals surface area contributed by atoms with Crippen LogP contribution in [0.15, 0.2) is 78.5 Å². The molecule has 0 unspecified atom stereocenters. The lowest BCUT2D eigenvalue weighted by Gasteiger charge is -2.09. The van der Waals surface area contributed by atoms with Gasteiger partial charge in [-0.1, -0.05) is 6.07 Å². The van der Waals surface area contributed by atoms with Crippen molar-refractivity contribution in [1.82, 2.24) is 28.9 Å². The Hall–Kier alpha value is -4.40. The molecule has 0 aliphatic heterocycles. The molecule has 0 fully saturated rings. The average Bonchev–Trinajstić information content (AvgIpc) is 3.25. The van der Waals surface area contributed by atoms with Crippen LogP contribution >= 0.6 is 0 Å². The van der Waals surface area contributed by atoms with Gasteiger partial charge in [0.15, 0.2) is 11.5 Å². The molecule has 0 saturated heterocycles. The van der Waals surface area contributed by atoms with E-state index in [2.05, 4.69) is 25.3 Å². The normalized spacial score (nSPS) is 11.1. The number of nitrogens with one attached hydrogen (secondary N) is 1. The number of imidazole rings is 1. The standard InChI is InChI=1S/C23H18FN7O/c1-30-14-16(3-5-21(30)32)19-4-2-15(9-27-19)10-28-22-23-29-13-20(31(23)7-6-26-22)17-8-18(24)12-25-11-17/h2-9,11-14H,10H2,1H3,(H,26,28). The fraction of sp³-hybridized carbons (Fsp3) is 0.0870. The molecule has 0 radical (unpaired) electrons. The molecule has 5 aromatic rings. The van der Waals surface area contributed by atoms with Crippen LogP contribution in [0, 0.1) is 5.82 Å². The molecule has 0 atom stereocenters. The van der Waals surface area contributed by atoms with Gasteiger partial charge in [0.2, 0.25) is 5.56 Å². The first-order valence-corrected chi connectivity index (χ1v) is 9.87. The van der Waals surface area contributed by atoms with E-state index in [1.165, 1.54) is 22.9 Å². The lowest BCUT2D eigenvalue weighted by Crippen LogP contribution is -2.14. The van der Waals surface area contributed by atoms with Gasteiger partial charge in [-0.3, -0.25) is 19.2 Å². The second kappa shape index (κ2) is 8.03. The molecule has 0 aliphatic rings. The maximum Gasteiger partial charge on any atom is 0.250 e. The monoisotopic (exact) mass is 427 g/mol. The summed E-state index contributed by atoms with van der Waals surface area (Å²) in [6.45, 7) is 0.497. The van der Waals surface area contributed by atoms with Gasteiger partial charge >= 0.3 is 0 Å². The second-order valence-corrected chi connectivity index (χ2v) is 7.28. The van der Waals surface area contributed by atoms with Crippen LogP contribution in [0.4, 0.5) is 10.2 Å². The van der Waals surface area contributed by atoms with Crippen molar-refractivity contribution in [3.8, 4) is 22.5 Å². The Morgan fingerprint density at radius 2 is 1.91 bits per heavy atom. The van der Waals surface area contributed by atoms with Crippen LogP contribution in [-0.4, -0.2) is 28.9 Å². The molecule has 0 aromatic carbocycles. The van der Waals surface area contributed by atoms with Gasteiger partial charge in [0.05, 0.1) is 23.8 Å². The van der Waals surface area contributed by atoms with Gasteiger partial charge in [-0.05, 0) is 23.8 Å². The summed E-state index contributed by atoms with van der Waals surface area (Å²) in [7, 11) is 1.71. The number of rotatable bonds is 5. The third kappa shape index (κ3) is 3.71. The van der Waals surface area contributed by atoms with E-state index in [1.54, 1.807) is 50.3 Å². The van der Waals surface area contributed by atoms with Crippen LogP contribution in [0.1, 0.15) is 5.56 Å². The summed E-state index contributed by atoms with van der Waals surface area (Å²) in [6, 6.07) is 8.59. The Labute approximate surface area is 182 Å². The topological polar surface area (TPSA) is 90.0 Å². The molecule has 9 heteroatoms. The fourth-order valence-corrected chi connectivity index (χ4v) is 3.44. The summed E-state index contributed by atoms with van der Waals surface area (Å²) in [5.74, 6) is 0.198. The Morgan fingerprint density at radius 3 is 2.69 bits per heavy atom. The zero-order valence-corrected chi connectivity index (χ0v) is 17.1. The van der Waals surface area contributed by atoms with E-state index in [9.17, 15) is 9.18 Å². The average molecular weight is 427 g/mol. The van der Waals surface area contributed by atoms with Crippen molar-refractivity contribution in [2.24, 2.45) is 7.05 Å². The van der Waals surface area contributed by atoms with Gasteiger partial charge in [-0.15, -0.1) is 0 Å². The number of fused-ring (bicyclic) bond motifs is 1. The quantitative estimate of drug-likeness (QED) is 0.463. The lowest BCUT2D eigenvalue weighted by molar-refractivity contribution is 0.622. The van der Waals surface area contributed by atoms with E-state index < -0.39 is 5.82 Å². The van der Waals surface area contributed by atoms with Crippen LogP contribution in [0.3, 0.4) is 0 Å². The minimum Gasteiger partial charge on any atom is -0.363 e. The van der Waals surface area contributed by atoms with Crippen molar-refractivity contribution >= 4 is 11.5 Å². The van der Waals surface area contributed by atoms with E-state index >= 15 is 0 Å². The molecule has 1 N–H and O–H groups in total. The van der Waals surface area contributed by atoms with Crippen molar-refractivity contribution in [3.05, 3.63) is 95.4 Å². The van der Waals surface area contributed by atoms with Gasteiger partial charge in [0, 0.05) is 61.8 Å². The highest BCUT2D eigenvalue weighted by Crippen LogP contribution is 2.23. The van der Waals surface area contributed by atoms with Crippen molar-refractivity contribution in [3.63, 3.8) is 0 Å². The summed E-state index contributed by atoms with van der Waals surface area (Å²) < 4.78 is 16.9. The number of hydrogen-bond acceptors (Lipinski definition) is 6. The zero-order chi connectivity index (χ0) is 22.1. The Morgan fingerprint density at radius 1 is 1.00 bits per heavy atom. The fourth-order valence-electron chi connectivity index (χ4n) is 3.44. The van der Waals surface area contributed by atoms with Gasteiger partial charge < -0.3 is 9.88 Å². The molecular formula is C23H18FN7O.